The topological polar surface area (TPSA) is 38.3 Å². The maximum absolute atomic E-state index is 11.9. The molecule has 92 valence electrons. The number of ether oxygens (including phenoxy) is 1. The number of nitrogens with one attached hydrogen (secondary N) is 1. The van der Waals surface area contributed by atoms with Gasteiger partial charge in [0.15, 0.2) is 0 Å². The van der Waals surface area contributed by atoms with Crippen molar-refractivity contribution in [3.63, 3.8) is 0 Å². The first kappa shape index (κ1) is 11.9. The summed E-state index contributed by atoms with van der Waals surface area (Å²) >= 11 is 0. The van der Waals surface area contributed by atoms with Crippen molar-refractivity contribution in [1.82, 2.24) is 5.32 Å². The molecular weight excluding hydrogens is 202 g/mol. The molecule has 3 nitrogen and oxygen atoms in total. The molecule has 2 rings (SSSR count). The summed E-state index contributed by atoms with van der Waals surface area (Å²) in [6.45, 7) is 4.10. The van der Waals surface area contributed by atoms with Gasteiger partial charge in [-0.05, 0) is 44.6 Å². The highest BCUT2D eigenvalue weighted by atomic mass is 16.5. The van der Waals surface area contributed by atoms with Gasteiger partial charge in [0.2, 0.25) is 0 Å². The van der Waals surface area contributed by atoms with Crippen LogP contribution in [0.2, 0.25) is 0 Å². The Morgan fingerprint density at radius 3 is 2.81 bits per heavy atom. The minimum atomic E-state index is 0.0336. The Kier molecular flexibility index (Phi) is 4.22. The standard InChI is InChI=1S/C13H23NO2/c1-10-4-2-6-12(8-10)16-13(15)11-5-3-7-14-9-11/h10-12,14H,2-9H2,1H3. The van der Waals surface area contributed by atoms with Crippen molar-refractivity contribution >= 4 is 5.97 Å². The third-order valence-electron chi connectivity index (χ3n) is 3.80. The van der Waals surface area contributed by atoms with Crippen LogP contribution >= 0.6 is 0 Å². The van der Waals surface area contributed by atoms with Crippen LogP contribution in [-0.4, -0.2) is 25.2 Å². The quantitative estimate of drug-likeness (QED) is 0.731. The molecule has 0 spiro atoms. The van der Waals surface area contributed by atoms with Gasteiger partial charge in [0.1, 0.15) is 6.10 Å². The molecule has 3 atom stereocenters. The number of carbonyl (C=O) groups excluding carboxylic acids is 1. The van der Waals surface area contributed by atoms with Crippen LogP contribution in [0.1, 0.15) is 45.4 Å². The molecule has 16 heavy (non-hydrogen) atoms. The Morgan fingerprint density at radius 1 is 1.25 bits per heavy atom. The highest BCUT2D eigenvalue weighted by molar-refractivity contribution is 5.73. The van der Waals surface area contributed by atoms with Gasteiger partial charge in [-0.15, -0.1) is 0 Å². The molecule has 0 amide bonds. The molecule has 0 aromatic carbocycles. The number of carbonyl (C=O) groups is 1. The van der Waals surface area contributed by atoms with E-state index in [1.54, 1.807) is 0 Å². The van der Waals surface area contributed by atoms with Gasteiger partial charge in [-0.1, -0.05) is 13.3 Å². The van der Waals surface area contributed by atoms with Crippen molar-refractivity contribution in [1.29, 1.82) is 0 Å². The first-order chi connectivity index (χ1) is 7.75. The lowest BCUT2D eigenvalue weighted by molar-refractivity contribution is -0.156. The van der Waals surface area contributed by atoms with Crippen molar-refractivity contribution in [3.8, 4) is 0 Å². The average molecular weight is 225 g/mol. The van der Waals surface area contributed by atoms with Crippen molar-refractivity contribution in [3.05, 3.63) is 0 Å². The van der Waals surface area contributed by atoms with E-state index < -0.39 is 0 Å². The maximum Gasteiger partial charge on any atom is 0.310 e. The Hall–Kier alpha value is -0.570. The van der Waals surface area contributed by atoms with Crippen LogP contribution in [0.4, 0.5) is 0 Å². The second-order valence-electron chi connectivity index (χ2n) is 5.37. The van der Waals surface area contributed by atoms with Gasteiger partial charge in [0, 0.05) is 6.54 Å². The summed E-state index contributed by atoms with van der Waals surface area (Å²) in [5.74, 6) is 0.855. The molecule has 1 N–H and O–H groups in total. The number of hydrogen-bond acceptors (Lipinski definition) is 3. The lowest BCUT2D eigenvalue weighted by Crippen LogP contribution is -2.37. The molecule has 0 radical (unpaired) electrons. The molecule has 1 aliphatic heterocycles. The summed E-state index contributed by atoms with van der Waals surface area (Å²) in [7, 11) is 0. The molecule has 2 fully saturated rings. The fraction of sp³-hybridized carbons (Fsp3) is 0.923. The third-order valence-corrected chi connectivity index (χ3v) is 3.80. The van der Waals surface area contributed by atoms with Crippen molar-refractivity contribution in [2.75, 3.05) is 13.1 Å². The Morgan fingerprint density at radius 2 is 2.12 bits per heavy atom. The smallest absolute Gasteiger partial charge is 0.310 e. The van der Waals surface area contributed by atoms with Crippen molar-refractivity contribution in [2.24, 2.45) is 11.8 Å². The second kappa shape index (κ2) is 5.67. The molecule has 1 heterocycles. The average Bonchev–Trinajstić information content (AvgIpc) is 2.30. The van der Waals surface area contributed by atoms with Gasteiger partial charge in [-0.3, -0.25) is 4.79 Å². The fourth-order valence-corrected chi connectivity index (χ4v) is 2.80. The summed E-state index contributed by atoms with van der Waals surface area (Å²) in [5, 5.41) is 3.26. The van der Waals surface area contributed by atoms with Gasteiger partial charge in [0.05, 0.1) is 5.92 Å². The molecule has 0 aromatic rings. The van der Waals surface area contributed by atoms with Crippen LogP contribution in [-0.2, 0) is 9.53 Å². The van der Waals surface area contributed by atoms with E-state index in [0.29, 0.717) is 0 Å². The molecule has 3 heteroatoms. The van der Waals surface area contributed by atoms with Crippen molar-refractivity contribution < 1.29 is 9.53 Å². The Bertz CT molecular complexity index is 236. The molecule has 1 aliphatic carbocycles. The van der Waals surface area contributed by atoms with Gasteiger partial charge in [0.25, 0.3) is 0 Å². The zero-order valence-corrected chi connectivity index (χ0v) is 10.2. The predicted octanol–water partition coefficient (Wildman–Crippen LogP) is 2.11. The van der Waals surface area contributed by atoms with E-state index >= 15 is 0 Å². The van der Waals surface area contributed by atoms with E-state index in [9.17, 15) is 4.79 Å². The van der Waals surface area contributed by atoms with Gasteiger partial charge in [-0.25, -0.2) is 0 Å². The van der Waals surface area contributed by atoms with E-state index in [1.165, 1.54) is 12.8 Å². The van der Waals surface area contributed by atoms with Crippen LogP contribution in [0.5, 0.6) is 0 Å². The monoisotopic (exact) mass is 225 g/mol. The van der Waals surface area contributed by atoms with Gasteiger partial charge in [-0.2, -0.15) is 0 Å². The first-order valence-corrected chi connectivity index (χ1v) is 6.67. The SMILES string of the molecule is CC1CCCC(OC(=O)C2CCCNC2)C1. The van der Waals surface area contributed by atoms with Crippen molar-refractivity contribution in [2.45, 2.75) is 51.6 Å². The molecule has 0 bridgehead atoms. The van der Waals surface area contributed by atoms with Crippen LogP contribution in [0, 0.1) is 11.8 Å². The zero-order chi connectivity index (χ0) is 11.4. The normalized spacial score (nSPS) is 35.7. The Labute approximate surface area is 97.9 Å². The van der Waals surface area contributed by atoms with Gasteiger partial charge < -0.3 is 10.1 Å². The summed E-state index contributed by atoms with van der Waals surface area (Å²) < 4.78 is 5.62. The van der Waals surface area contributed by atoms with E-state index in [4.69, 9.17) is 4.74 Å². The number of piperidine rings is 1. The molecule has 2 aliphatic rings. The molecule has 3 unspecified atom stereocenters. The molecule has 0 aromatic heterocycles. The van der Waals surface area contributed by atoms with E-state index in [2.05, 4.69) is 12.2 Å². The van der Waals surface area contributed by atoms with Crippen LogP contribution < -0.4 is 5.32 Å². The molecule has 1 saturated carbocycles. The predicted molar refractivity (Wildman–Crippen MR) is 63.1 cm³/mol. The highest BCUT2D eigenvalue weighted by Gasteiger charge is 2.27. The summed E-state index contributed by atoms with van der Waals surface area (Å²) in [6.07, 6.45) is 6.91. The third kappa shape index (κ3) is 3.21. The number of hydrogen-bond donors (Lipinski definition) is 1. The molecule has 1 saturated heterocycles. The van der Waals surface area contributed by atoms with E-state index in [0.717, 1.165) is 44.7 Å². The summed E-state index contributed by atoms with van der Waals surface area (Å²) in [6, 6.07) is 0. The highest BCUT2D eigenvalue weighted by Crippen LogP contribution is 2.26. The Balaban J connectivity index is 1.77. The van der Waals surface area contributed by atoms with Crippen LogP contribution in [0.25, 0.3) is 0 Å². The lowest BCUT2D eigenvalue weighted by Gasteiger charge is -2.29. The largest absolute Gasteiger partial charge is 0.462 e. The van der Waals surface area contributed by atoms with Crippen LogP contribution in [0.3, 0.4) is 0 Å². The number of rotatable bonds is 2. The van der Waals surface area contributed by atoms with E-state index in [-0.39, 0.29) is 18.0 Å². The summed E-state index contributed by atoms with van der Waals surface area (Å²) in [4.78, 5) is 11.9. The summed E-state index contributed by atoms with van der Waals surface area (Å²) in [5.41, 5.74) is 0. The second-order valence-corrected chi connectivity index (χ2v) is 5.37. The maximum atomic E-state index is 11.9. The fourth-order valence-electron chi connectivity index (χ4n) is 2.80. The molecular formula is C13H23NO2. The zero-order valence-electron chi connectivity index (χ0n) is 10.2. The van der Waals surface area contributed by atoms with Crippen LogP contribution in [0.15, 0.2) is 0 Å². The first-order valence-electron chi connectivity index (χ1n) is 6.67. The van der Waals surface area contributed by atoms with Gasteiger partial charge >= 0.3 is 5.97 Å². The number of esters is 1. The minimum Gasteiger partial charge on any atom is -0.462 e. The lowest BCUT2D eigenvalue weighted by atomic mass is 9.88. The van der Waals surface area contributed by atoms with E-state index in [1.807, 2.05) is 0 Å². The minimum absolute atomic E-state index is 0.0336.